The number of hydrogen-bond acceptors (Lipinski definition) is 5. The maximum atomic E-state index is 8.71. The number of unbranched alkanes of at least 4 members (excludes halogenated alkanes) is 2. The monoisotopic (exact) mass is 312 g/mol. The Morgan fingerprint density at radius 2 is 2.00 bits per heavy atom. The van der Waals surface area contributed by atoms with Gasteiger partial charge in [0, 0.05) is 12.4 Å². The van der Waals surface area contributed by atoms with E-state index in [4.69, 9.17) is 17.3 Å². The van der Waals surface area contributed by atoms with Crippen LogP contribution in [0.4, 0.5) is 0 Å². The van der Waals surface area contributed by atoms with Gasteiger partial charge in [0.05, 0.1) is 5.69 Å². The number of aromatic nitrogens is 2. The van der Waals surface area contributed by atoms with E-state index in [0.717, 1.165) is 39.0 Å². The van der Waals surface area contributed by atoms with Crippen molar-refractivity contribution < 1.29 is 5.11 Å². The fraction of sp³-hybridized carbons (Fsp3) is 0.385. The van der Waals surface area contributed by atoms with Gasteiger partial charge >= 0.3 is 0 Å². The number of benzene rings is 1. The highest BCUT2D eigenvalue weighted by Gasteiger charge is 2.05. The molecule has 2 rings (SSSR count). The lowest BCUT2D eigenvalue weighted by Crippen LogP contribution is -1.95. The van der Waals surface area contributed by atoms with Gasteiger partial charge in [0.25, 0.3) is 0 Å². The second-order valence-electron chi connectivity index (χ2n) is 4.01. The number of hydrogen-bond donors (Lipinski definition) is 1. The van der Waals surface area contributed by atoms with Crippen LogP contribution in [-0.4, -0.2) is 27.2 Å². The Hall–Kier alpha value is -0.690. The molecular weight excluding hydrogens is 296 g/mol. The van der Waals surface area contributed by atoms with E-state index in [1.165, 1.54) is 0 Å². The molecule has 0 aliphatic heterocycles. The maximum absolute atomic E-state index is 8.71. The van der Waals surface area contributed by atoms with Crippen molar-refractivity contribution in [1.29, 1.82) is 0 Å². The second-order valence-corrected chi connectivity index (χ2v) is 6.98. The molecule has 1 aromatic carbocycles. The van der Waals surface area contributed by atoms with E-state index in [-0.39, 0.29) is 6.61 Å². The Kier molecular flexibility index (Phi) is 6.03. The van der Waals surface area contributed by atoms with Gasteiger partial charge in [-0.05, 0) is 37.2 Å². The van der Waals surface area contributed by atoms with E-state index < -0.39 is 0 Å². The molecule has 1 heterocycles. The van der Waals surface area contributed by atoms with E-state index in [2.05, 4.69) is 5.10 Å². The van der Waals surface area contributed by atoms with Crippen molar-refractivity contribution in [3.63, 3.8) is 0 Å². The maximum Gasteiger partial charge on any atom is 0.184 e. The Morgan fingerprint density at radius 1 is 1.21 bits per heavy atom. The Bertz CT molecular complexity index is 551. The molecule has 0 saturated heterocycles. The molecule has 0 spiro atoms. The van der Waals surface area contributed by atoms with Crippen molar-refractivity contribution in [2.45, 2.75) is 23.6 Å². The van der Waals surface area contributed by atoms with E-state index >= 15 is 0 Å². The zero-order chi connectivity index (χ0) is 13.5. The minimum Gasteiger partial charge on any atom is -0.396 e. The van der Waals surface area contributed by atoms with Crippen molar-refractivity contribution >= 4 is 35.3 Å². The van der Waals surface area contributed by atoms with Crippen LogP contribution in [0.2, 0.25) is 0 Å². The highest BCUT2D eigenvalue weighted by Crippen LogP contribution is 2.24. The lowest BCUT2D eigenvalue weighted by molar-refractivity contribution is 0.284. The SMILES string of the molecule is OCCCCCSc1nn(-c2ccccc2)c(=S)s1. The van der Waals surface area contributed by atoms with Gasteiger partial charge in [-0.3, -0.25) is 0 Å². The molecule has 0 unspecified atom stereocenters. The fourth-order valence-electron chi connectivity index (χ4n) is 1.60. The summed E-state index contributed by atoms with van der Waals surface area (Å²) in [6, 6.07) is 9.96. The van der Waals surface area contributed by atoms with Crippen molar-refractivity contribution in [2.75, 3.05) is 12.4 Å². The molecule has 0 saturated carbocycles. The van der Waals surface area contributed by atoms with Crippen LogP contribution in [0.5, 0.6) is 0 Å². The molecule has 1 N–H and O–H groups in total. The van der Waals surface area contributed by atoms with Crippen molar-refractivity contribution in [3.8, 4) is 5.69 Å². The van der Waals surface area contributed by atoms with Crippen LogP contribution in [0.1, 0.15) is 19.3 Å². The zero-order valence-electron chi connectivity index (χ0n) is 10.5. The van der Waals surface area contributed by atoms with Crippen LogP contribution in [0.25, 0.3) is 5.69 Å². The third kappa shape index (κ3) is 4.42. The first-order valence-corrected chi connectivity index (χ1v) is 8.41. The Labute approximate surface area is 126 Å². The zero-order valence-corrected chi connectivity index (χ0v) is 12.9. The summed E-state index contributed by atoms with van der Waals surface area (Å²) in [5.41, 5.74) is 1.01. The Morgan fingerprint density at radius 3 is 2.74 bits per heavy atom. The quantitative estimate of drug-likeness (QED) is 0.478. The molecule has 3 nitrogen and oxygen atoms in total. The normalized spacial score (nSPS) is 10.8. The van der Waals surface area contributed by atoms with E-state index in [1.54, 1.807) is 23.1 Å². The number of rotatable bonds is 7. The lowest BCUT2D eigenvalue weighted by Gasteiger charge is -1.99. The third-order valence-corrected chi connectivity index (χ3v) is 5.01. The molecule has 0 radical (unpaired) electrons. The van der Waals surface area contributed by atoms with Gasteiger partial charge in [0.15, 0.2) is 8.29 Å². The average Bonchev–Trinajstić information content (AvgIpc) is 2.81. The predicted octanol–water partition coefficient (Wildman–Crippen LogP) is 3.92. The van der Waals surface area contributed by atoms with Crippen LogP contribution in [0, 0.1) is 3.95 Å². The van der Waals surface area contributed by atoms with Crippen molar-refractivity contribution in [2.24, 2.45) is 0 Å². The smallest absolute Gasteiger partial charge is 0.184 e. The number of para-hydroxylation sites is 1. The highest BCUT2D eigenvalue weighted by molar-refractivity contribution is 8.01. The third-order valence-electron chi connectivity index (χ3n) is 2.56. The summed E-state index contributed by atoms with van der Waals surface area (Å²) in [5.74, 6) is 1.02. The molecule has 2 aromatic rings. The number of aliphatic hydroxyl groups is 1. The summed E-state index contributed by atoms with van der Waals surface area (Å²) in [7, 11) is 0. The van der Waals surface area contributed by atoms with E-state index in [1.807, 2.05) is 35.0 Å². The van der Waals surface area contributed by atoms with Gasteiger partial charge in [-0.25, -0.2) is 4.68 Å². The molecule has 0 bridgehead atoms. The molecule has 0 aliphatic rings. The van der Waals surface area contributed by atoms with Gasteiger partial charge in [-0.2, -0.15) is 0 Å². The minimum absolute atomic E-state index is 0.284. The molecule has 0 fully saturated rings. The fourth-order valence-corrected chi connectivity index (χ4v) is 4.03. The molecule has 0 atom stereocenters. The summed E-state index contributed by atoms with van der Waals surface area (Å²) in [5, 5.41) is 13.3. The summed E-state index contributed by atoms with van der Waals surface area (Å²) >= 11 is 8.64. The first-order valence-electron chi connectivity index (χ1n) is 6.20. The van der Waals surface area contributed by atoms with Gasteiger partial charge in [-0.15, -0.1) is 5.10 Å². The van der Waals surface area contributed by atoms with Crippen LogP contribution in [-0.2, 0) is 0 Å². The largest absolute Gasteiger partial charge is 0.396 e. The number of aliphatic hydroxyl groups excluding tert-OH is 1. The number of thioether (sulfide) groups is 1. The van der Waals surface area contributed by atoms with Crippen LogP contribution >= 0.6 is 35.3 Å². The summed E-state index contributed by atoms with van der Waals surface area (Å²) < 4.78 is 3.61. The van der Waals surface area contributed by atoms with Crippen molar-refractivity contribution in [1.82, 2.24) is 9.78 Å². The predicted molar refractivity (Wildman–Crippen MR) is 83.9 cm³/mol. The average molecular weight is 312 g/mol. The summed E-state index contributed by atoms with van der Waals surface area (Å²) in [6.45, 7) is 0.284. The summed E-state index contributed by atoms with van der Waals surface area (Å²) in [6.07, 6.45) is 3.05. The molecular formula is C13H16N2OS3. The van der Waals surface area contributed by atoms with Gasteiger partial charge in [0.1, 0.15) is 0 Å². The van der Waals surface area contributed by atoms with Gasteiger partial charge < -0.3 is 5.11 Å². The Balaban J connectivity index is 1.96. The molecule has 19 heavy (non-hydrogen) atoms. The first-order chi connectivity index (χ1) is 9.31. The van der Waals surface area contributed by atoms with Crippen molar-refractivity contribution in [3.05, 3.63) is 34.3 Å². The van der Waals surface area contributed by atoms with E-state index in [9.17, 15) is 0 Å². The minimum atomic E-state index is 0.284. The first kappa shape index (κ1) is 14.7. The molecule has 102 valence electrons. The van der Waals surface area contributed by atoms with Gasteiger partial charge in [-0.1, -0.05) is 47.7 Å². The lowest BCUT2D eigenvalue weighted by atomic mass is 10.3. The summed E-state index contributed by atoms with van der Waals surface area (Å²) in [4.78, 5) is 0. The highest BCUT2D eigenvalue weighted by atomic mass is 32.2. The molecule has 0 amide bonds. The standard InChI is InChI=1S/C13H16N2OS3/c16-9-5-2-6-10-18-12-14-15(13(17)19-12)11-7-3-1-4-8-11/h1,3-4,7-8,16H,2,5-6,9-10H2. The molecule has 6 heteroatoms. The topological polar surface area (TPSA) is 38.1 Å². The second kappa shape index (κ2) is 7.79. The van der Waals surface area contributed by atoms with E-state index in [0.29, 0.717) is 0 Å². The number of nitrogens with zero attached hydrogens (tertiary/aromatic N) is 2. The van der Waals surface area contributed by atoms with Gasteiger partial charge in [0.2, 0.25) is 0 Å². The van der Waals surface area contributed by atoms with Crippen LogP contribution < -0.4 is 0 Å². The van der Waals surface area contributed by atoms with Crippen LogP contribution in [0.15, 0.2) is 34.7 Å². The van der Waals surface area contributed by atoms with Crippen LogP contribution in [0.3, 0.4) is 0 Å². The molecule has 0 aliphatic carbocycles. The molecule has 1 aromatic heterocycles.